The Hall–Kier alpha value is -2.50. The fourth-order valence-electron chi connectivity index (χ4n) is 2.00. The highest BCUT2D eigenvalue weighted by Crippen LogP contribution is 2.26. The van der Waals surface area contributed by atoms with E-state index in [0.717, 1.165) is 24.1 Å². The summed E-state index contributed by atoms with van der Waals surface area (Å²) in [5, 5.41) is 17.1. The lowest BCUT2D eigenvalue weighted by molar-refractivity contribution is 0.628. The van der Waals surface area contributed by atoms with Crippen molar-refractivity contribution in [1.29, 1.82) is 0 Å². The molecule has 1 aromatic heterocycles. The SMILES string of the molecule is Fc1cccc(NC2=CCCC=C2c2nn[nH]n2)c1. The first-order valence-electron chi connectivity index (χ1n) is 6.00. The van der Waals surface area contributed by atoms with E-state index in [-0.39, 0.29) is 5.82 Å². The first-order chi connectivity index (χ1) is 9.33. The Bertz CT molecular complexity index is 630. The van der Waals surface area contributed by atoms with Gasteiger partial charge in [0.25, 0.3) is 0 Å². The van der Waals surface area contributed by atoms with Gasteiger partial charge in [0.15, 0.2) is 0 Å². The van der Waals surface area contributed by atoms with Crippen LogP contribution in [0.1, 0.15) is 18.7 Å². The fraction of sp³-hybridized carbons (Fsp3) is 0.154. The largest absolute Gasteiger partial charge is 0.355 e. The summed E-state index contributed by atoms with van der Waals surface area (Å²) in [7, 11) is 0. The van der Waals surface area contributed by atoms with E-state index in [2.05, 4.69) is 32.0 Å². The lowest BCUT2D eigenvalue weighted by Crippen LogP contribution is -2.06. The van der Waals surface area contributed by atoms with E-state index < -0.39 is 0 Å². The number of hydrogen-bond donors (Lipinski definition) is 2. The van der Waals surface area contributed by atoms with Crippen molar-refractivity contribution in [3.63, 3.8) is 0 Å². The number of halogens is 1. The second-order valence-electron chi connectivity index (χ2n) is 4.18. The highest BCUT2D eigenvalue weighted by molar-refractivity contribution is 5.79. The summed E-state index contributed by atoms with van der Waals surface area (Å²) in [5.41, 5.74) is 2.45. The van der Waals surface area contributed by atoms with Crippen molar-refractivity contribution in [2.75, 3.05) is 5.32 Å². The van der Waals surface area contributed by atoms with Crippen LogP contribution in [0.3, 0.4) is 0 Å². The van der Waals surface area contributed by atoms with E-state index in [0.29, 0.717) is 11.5 Å². The number of aromatic amines is 1. The van der Waals surface area contributed by atoms with Gasteiger partial charge in [0.05, 0.1) is 0 Å². The lowest BCUT2D eigenvalue weighted by Gasteiger charge is -2.16. The van der Waals surface area contributed by atoms with Gasteiger partial charge in [-0.15, -0.1) is 10.2 Å². The average Bonchev–Trinajstić information content (AvgIpc) is 2.93. The van der Waals surface area contributed by atoms with E-state index >= 15 is 0 Å². The Labute approximate surface area is 109 Å². The number of H-pyrrole nitrogens is 1. The molecular formula is C13H12FN5. The van der Waals surface area contributed by atoms with Crippen LogP contribution in [-0.4, -0.2) is 20.6 Å². The predicted molar refractivity (Wildman–Crippen MR) is 69.5 cm³/mol. The van der Waals surface area contributed by atoms with Gasteiger partial charge in [-0.1, -0.05) is 18.2 Å². The summed E-state index contributed by atoms with van der Waals surface area (Å²) in [5.74, 6) is 0.265. The molecule has 1 heterocycles. The van der Waals surface area contributed by atoms with E-state index in [1.54, 1.807) is 6.07 Å². The minimum atomic E-state index is -0.272. The second-order valence-corrected chi connectivity index (χ2v) is 4.18. The summed E-state index contributed by atoms with van der Waals surface area (Å²) in [6.45, 7) is 0. The number of tetrazole rings is 1. The standard InChI is InChI=1S/C13H12FN5/c14-9-4-3-5-10(8-9)15-12-7-2-1-6-11(12)13-16-18-19-17-13/h3-8,15H,1-2H2,(H,16,17,18,19). The number of benzene rings is 1. The van der Waals surface area contributed by atoms with Gasteiger partial charge < -0.3 is 5.32 Å². The van der Waals surface area contributed by atoms with Crippen LogP contribution < -0.4 is 5.32 Å². The molecule has 5 nitrogen and oxygen atoms in total. The molecule has 2 aromatic rings. The molecule has 0 saturated carbocycles. The molecule has 1 aliphatic rings. The van der Waals surface area contributed by atoms with Gasteiger partial charge in [0, 0.05) is 17.0 Å². The lowest BCUT2D eigenvalue weighted by atomic mass is 10.0. The van der Waals surface area contributed by atoms with Crippen molar-refractivity contribution < 1.29 is 4.39 Å². The Morgan fingerprint density at radius 3 is 2.89 bits per heavy atom. The van der Waals surface area contributed by atoms with Gasteiger partial charge in [-0.05, 0) is 36.3 Å². The van der Waals surface area contributed by atoms with Crippen LogP contribution in [0, 0.1) is 5.82 Å². The number of anilines is 1. The molecule has 0 spiro atoms. The molecule has 0 aliphatic heterocycles. The van der Waals surface area contributed by atoms with Crippen LogP contribution in [0.5, 0.6) is 0 Å². The minimum Gasteiger partial charge on any atom is -0.355 e. The van der Waals surface area contributed by atoms with Crippen molar-refractivity contribution >= 4 is 11.3 Å². The number of hydrogen-bond acceptors (Lipinski definition) is 4. The van der Waals surface area contributed by atoms with E-state index in [1.165, 1.54) is 12.1 Å². The molecule has 0 amide bonds. The van der Waals surface area contributed by atoms with Crippen LogP contribution in [0.4, 0.5) is 10.1 Å². The molecule has 1 aliphatic carbocycles. The number of nitrogens with zero attached hydrogens (tertiary/aromatic N) is 3. The van der Waals surface area contributed by atoms with Gasteiger partial charge in [0.1, 0.15) is 5.82 Å². The molecule has 0 atom stereocenters. The molecule has 96 valence electrons. The van der Waals surface area contributed by atoms with Gasteiger partial charge in [0.2, 0.25) is 5.82 Å². The molecule has 3 rings (SSSR count). The third kappa shape index (κ3) is 2.52. The maximum absolute atomic E-state index is 13.2. The minimum absolute atomic E-state index is 0.272. The zero-order valence-corrected chi connectivity index (χ0v) is 10.1. The normalized spacial score (nSPS) is 14.8. The monoisotopic (exact) mass is 257 g/mol. The number of nitrogens with one attached hydrogen (secondary N) is 2. The van der Waals surface area contributed by atoms with Gasteiger partial charge >= 0.3 is 0 Å². The van der Waals surface area contributed by atoms with E-state index in [1.807, 2.05) is 12.1 Å². The molecular weight excluding hydrogens is 245 g/mol. The first kappa shape index (κ1) is 11.6. The molecule has 0 radical (unpaired) electrons. The number of allylic oxidation sites excluding steroid dienone is 3. The number of rotatable bonds is 3. The van der Waals surface area contributed by atoms with Crippen LogP contribution in [0.2, 0.25) is 0 Å². The molecule has 19 heavy (non-hydrogen) atoms. The fourth-order valence-corrected chi connectivity index (χ4v) is 2.00. The smallest absolute Gasteiger partial charge is 0.206 e. The van der Waals surface area contributed by atoms with E-state index in [4.69, 9.17) is 0 Å². The topological polar surface area (TPSA) is 66.5 Å². The highest BCUT2D eigenvalue weighted by Gasteiger charge is 2.15. The zero-order chi connectivity index (χ0) is 13.1. The maximum Gasteiger partial charge on any atom is 0.206 e. The van der Waals surface area contributed by atoms with Crippen LogP contribution in [0.15, 0.2) is 42.1 Å². The Morgan fingerprint density at radius 2 is 2.11 bits per heavy atom. The summed E-state index contributed by atoms with van der Waals surface area (Å²) >= 11 is 0. The third-order valence-corrected chi connectivity index (χ3v) is 2.84. The van der Waals surface area contributed by atoms with Crippen molar-refractivity contribution in [2.45, 2.75) is 12.8 Å². The van der Waals surface area contributed by atoms with Crippen molar-refractivity contribution in [2.24, 2.45) is 0 Å². The third-order valence-electron chi connectivity index (χ3n) is 2.84. The predicted octanol–water partition coefficient (Wildman–Crippen LogP) is 2.51. The Balaban J connectivity index is 1.87. The molecule has 0 saturated heterocycles. The maximum atomic E-state index is 13.2. The molecule has 0 bridgehead atoms. The molecule has 1 aromatic carbocycles. The summed E-state index contributed by atoms with van der Waals surface area (Å²) in [6.07, 6.45) is 5.96. The van der Waals surface area contributed by atoms with Crippen LogP contribution in [-0.2, 0) is 0 Å². The van der Waals surface area contributed by atoms with Gasteiger partial charge in [-0.25, -0.2) is 4.39 Å². The summed E-state index contributed by atoms with van der Waals surface area (Å²) in [4.78, 5) is 0. The van der Waals surface area contributed by atoms with Gasteiger partial charge in [-0.3, -0.25) is 0 Å². The highest BCUT2D eigenvalue weighted by atomic mass is 19.1. The van der Waals surface area contributed by atoms with Crippen molar-refractivity contribution in [3.8, 4) is 0 Å². The number of aromatic nitrogens is 4. The van der Waals surface area contributed by atoms with Gasteiger partial charge in [-0.2, -0.15) is 5.21 Å². The van der Waals surface area contributed by atoms with Crippen molar-refractivity contribution in [3.05, 3.63) is 53.8 Å². The first-order valence-corrected chi connectivity index (χ1v) is 6.00. The molecule has 2 N–H and O–H groups in total. The second kappa shape index (κ2) is 5.01. The molecule has 0 unspecified atom stereocenters. The molecule has 6 heteroatoms. The van der Waals surface area contributed by atoms with E-state index in [9.17, 15) is 4.39 Å². The quantitative estimate of drug-likeness (QED) is 0.886. The average molecular weight is 257 g/mol. The summed E-state index contributed by atoms with van der Waals surface area (Å²) < 4.78 is 13.2. The van der Waals surface area contributed by atoms with Crippen LogP contribution >= 0.6 is 0 Å². The van der Waals surface area contributed by atoms with Crippen molar-refractivity contribution in [1.82, 2.24) is 20.6 Å². The summed E-state index contributed by atoms with van der Waals surface area (Å²) in [6, 6.07) is 6.34. The molecule has 0 fully saturated rings. The zero-order valence-electron chi connectivity index (χ0n) is 10.1. The van der Waals surface area contributed by atoms with Crippen LogP contribution in [0.25, 0.3) is 5.57 Å². The Kier molecular flexibility index (Phi) is 3.06. The Morgan fingerprint density at radius 1 is 1.21 bits per heavy atom.